The molecule has 58 valence electrons. The molecule has 1 atom stereocenters. The summed E-state index contributed by atoms with van der Waals surface area (Å²) in [6, 6.07) is 0.364. The predicted octanol–water partition coefficient (Wildman–Crippen LogP) is -0.988. The fraction of sp³-hybridized carbons (Fsp3) is 0.833. The van der Waals surface area contributed by atoms with Crippen molar-refractivity contribution in [1.82, 2.24) is 5.32 Å². The van der Waals surface area contributed by atoms with Crippen molar-refractivity contribution < 1.29 is 0 Å². The zero-order valence-corrected chi connectivity index (χ0v) is 6.01. The zero-order chi connectivity index (χ0) is 7.40. The van der Waals surface area contributed by atoms with Crippen molar-refractivity contribution in [1.29, 1.82) is 0 Å². The van der Waals surface area contributed by atoms with E-state index in [1.165, 1.54) is 0 Å². The molecule has 0 amide bonds. The molecule has 0 fully saturated rings. The van der Waals surface area contributed by atoms with Gasteiger partial charge in [0.15, 0.2) is 5.96 Å². The van der Waals surface area contributed by atoms with E-state index < -0.39 is 0 Å². The maximum absolute atomic E-state index is 5.40. The molecule has 4 nitrogen and oxygen atoms in total. The third kappa shape index (κ3) is 1.88. The summed E-state index contributed by atoms with van der Waals surface area (Å²) in [5.41, 5.74) is 10.7. The molecular weight excluding hydrogens is 128 g/mol. The minimum Gasteiger partial charge on any atom is -0.370 e. The zero-order valence-electron chi connectivity index (χ0n) is 6.01. The van der Waals surface area contributed by atoms with Crippen LogP contribution in [0.1, 0.15) is 12.8 Å². The maximum atomic E-state index is 5.40. The number of hydrogen-bond acceptors (Lipinski definition) is 4. The molecule has 0 aromatic carbocycles. The van der Waals surface area contributed by atoms with Gasteiger partial charge in [0, 0.05) is 6.54 Å². The van der Waals surface area contributed by atoms with Crippen LogP contribution in [0.25, 0.3) is 0 Å². The molecule has 1 rings (SSSR count). The minimum absolute atomic E-state index is 0.364. The highest BCUT2D eigenvalue weighted by Crippen LogP contribution is 2.03. The number of rotatable bonds is 3. The fourth-order valence-electron chi connectivity index (χ4n) is 1.03. The van der Waals surface area contributed by atoms with Gasteiger partial charge in [-0.05, 0) is 19.4 Å². The number of guanidine groups is 1. The van der Waals surface area contributed by atoms with Crippen LogP contribution in [0.15, 0.2) is 4.99 Å². The quantitative estimate of drug-likeness (QED) is 0.473. The number of nitrogens with two attached hydrogens (primary N) is 2. The summed E-state index contributed by atoms with van der Waals surface area (Å²) >= 11 is 0. The third-order valence-corrected chi connectivity index (χ3v) is 1.58. The Morgan fingerprint density at radius 2 is 2.50 bits per heavy atom. The van der Waals surface area contributed by atoms with E-state index in [1.807, 2.05) is 0 Å². The highest BCUT2D eigenvalue weighted by molar-refractivity contribution is 5.79. The molecule has 0 saturated heterocycles. The van der Waals surface area contributed by atoms with Crippen LogP contribution < -0.4 is 16.8 Å². The second kappa shape index (κ2) is 3.41. The molecule has 0 saturated carbocycles. The van der Waals surface area contributed by atoms with E-state index in [-0.39, 0.29) is 0 Å². The summed E-state index contributed by atoms with van der Waals surface area (Å²) < 4.78 is 0. The lowest BCUT2D eigenvalue weighted by atomic mass is 10.2. The molecule has 1 aliphatic rings. The Bertz CT molecular complexity index is 132. The lowest BCUT2D eigenvalue weighted by molar-refractivity contribution is 0.607. The van der Waals surface area contributed by atoms with Crippen molar-refractivity contribution in [2.45, 2.75) is 18.9 Å². The second-order valence-corrected chi connectivity index (χ2v) is 2.48. The first-order valence-electron chi connectivity index (χ1n) is 3.60. The molecule has 0 aromatic rings. The summed E-state index contributed by atoms with van der Waals surface area (Å²) in [6.07, 6.45) is 2.08. The normalized spacial score (nSPS) is 24.1. The molecule has 0 radical (unpaired) electrons. The second-order valence-electron chi connectivity index (χ2n) is 2.48. The van der Waals surface area contributed by atoms with E-state index >= 15 is 0 Å². The Labute approximate surface area is 60.7 Å². The average Bonchev–Trinajstić information content (AvgIpc) is 2.31. The van der Waals surface area contributed by atoms with Crippen LogP contribution in [-0.4, -0.2) is 25.1 Å². The van der Waals surface area contributed by atoms with E-state index in [4.69, 9.17) is 11.5 Å². The Kier molecular flexibility index (Phi) is 2.50. The third-order valence-electron chi connectivity index (χ3n) is 1.58. The number of nitrogens with zero attached hydrogens (tertiary/aromatic N) is 1. The molecule has 1 aliphatic heterocycles. The Morgan fingerprint density at radius 1 is 1.70 bits per heavy atom. The lowest BCUT2D eigenvalue weighted by Gasteiger charge is -2.01. The summed E-state index contributed by atoms with van der Waals surface area (Å²) in [5.74, 6) is 0.571. The van der Waals surface area contributed by atoms with Crippen LogP contribution in [0, 0.1) is 0 Å². The summed E-state index contributed by atoms with van der Waals surface area (Å²) in [4.78, 5) is 4.15. The topological polar surface area (TPSA) is 76.4 Å². The van der Waals surface area contributed by atoms with Gasteiger partial charge in [-0.3, -0.25) is 0 Å². The maximum Gasteiger partial charge on any atom is 0.189 e. The number of aliphatic imine (C=N–C) groups is 1. The largest absolute Gasteiger partial charge is 0.370 e. The van der Waals surface area contributed by atoms with Crippen molar-refractivity contribution in [3.05, 3.63) is 0 Å². The Hall–Kier alpha value is -0.770. The molecule has 0 unspecified atom stereocenters. The lowest BCUT2D eigenvalue weighted by Crippen LogP contribution is -2.27. The highest BCUT2D eigenvalue weighted by Gasteiger charge is 2.12. The first-order chi connectivity index (χ1) is 4.83. The Morgan fingerprint density at radius 3 is 3.00 bits per heavy atom. The van der Waals surface area contributed by atoms with E-state index in [9.17, 15) is 0 Å². The molecule has 0 aliphatic carbocycles. The Balaban J connectivity index is 2.18. The molecule has 0 bridgehead atoms. The van der Waals surface area contributed by atoms with Crippen molar-refractivity contribution in [2.75, 3.05) is 13.1 Å². The van der Waals surface area contributed by atoms with Crippen LogP contribution in [-0.2, 0) is 0 Å². The van der Waals surface area contributed by atoms with Crippen LogP contribution >= 0.6 is 0 Å². The molecule has 1 heterocycles. The van der Waals surface area contributed by atoms with Crippen LogP contribution in [0.2, 0.25) is 0 Å². The van der Waals surface area contributed by atoms with Gasteiger partial charge >= 0.3 is 0 Å². The van der Waals surface area contributed by atoms with Gasteiger partial charge in [-0.15, -0.1) is 0 Å². The van der Waals surface area contributed by atoms with Gasteiger partial charge in [-0.2, -0.15) is 0 Å². The number of nitrogens with one attached hydrogen (secondary N) is 1. The molecule has 0 aromatic heterocycles. The van der Waals surface area contributed by atoms with E-state index in [0.29, 0.717) is 12.0 Å². The van der Waals surface area contributed by atoms with Crippen LogP contribution in [0.3, 0.4) is 0 Å². The van der Waals surface area contributed by atoms with E-state index in [2.05, 4.69) is 10.3 Å². The van der Waals surface area contributed by atoms with Crippen LogP contribution in [0.5, 0.6) is 0 Å². The monoisotopic (exact) mass is 142 g/mol. The van der Waals surface area contributed by atoms with Crippen molar-refractivity contribution in [2.24, 2.45) is 16.5 Å². The number of hydrogen-bond donors (Lipinski definition) is 3. The fourth-order valence-corrected chi connectivity index (χ4v) is 1.03. The SMILES string of the molecule is NCCC[C@H]1CNC(N)=N1. The predicted molar refractivity (Wildman–Crippen MR) is 41.7 cm³/mol. The van der Waals surface area contributed by atoms with Gasteiger partial charge in [0.2, 0.25) is 0 Å². The molecule has 4 heteroatoms. The van der Waals surface area contributed by atoms with Gasteiger partial charge < -0.3 is 16.8 Å². The molecule has 5 N–H and O–H groups in total. The minimum atomic E-state index is 0.364. The standard InChI is InChI=1S/C6H14N4/c7-3-1-2-5-4-9-6(8)10-5/h5H,1-4,7H2,(H3,8,9,10)/t5-/m0/s1. The smallest absolute Gasteiger partial charge is 0.189 e. The molecular formula is C6H14N4. The van der Waals surface area contributed by atoms with Gasteiger partial charge in [0.05, 0.1) is 6.04 Å². The molecule has 10 heavy (non-hydrogen) atoms. The van der Waals surface area contributed by atoms with Crippen molar-refractivity contribution >= 4 is 5.96 Å². The van der Waals surface area contributed by atoms with E-state index in [0.717, 1.165) is 25.9 Å². The van der Waals surface area contributed by atoms with Gasteiger partial charge in [0.25, 0.3) is 0 Å². The van der Waals surface area contributed by atoms with Gasteiger partial charge in [0.1, 0.15) is 0 Å². The van der Waals surface area contributed by atoms with Crippen LogP contribution in [0.4, 0.5) is 0 Å². The van der Waals surface area contributed by atoms with Gasteiger partial charge in [-0.1, -0.05) is 0 Å². The average molecular weight is 142 g/mol. The first kappa shape index (κ1) is 7.34. The summed E-state index contributed by atoms with van der Waals surface area (Å²) in [6.45, 7) is 1.62. The van der Waals surface area contributed by atoms with Crippen molar-refractivity contribution in [3.8, 4) is 0 Å². The van der Waals surface area contributed by atoms with Crippen molar-refractivity contribution in [3.63, 3.8) is 0 Å². The summed E-state index contributed by atoms with van der Waals surface area (Å²) in [7, 11) is 0. The van der Waals surface area contributed by atoms with Gasteiger partial charge in [-0.25, -0.2) is 4.99 Å². The highest BCUT2D eigenvalue weighted by atomic mass is 15.2. The first-order valence-corrected chi connectivity index (χ1v) is 3.60. The summed E-state index contributed by atoms with van der Waals surface area (Å²) in [5, 5.41) is 2.97. The molecule has 0 spiro atoms. The van der Waals surface area contributed by atoms with E-state index in [1.54, 1.807) is 0 Å².